The van der Waals surface area contributed by atoms with Crippen LogP contribution in [0, 0.1) is 0 Å². The van der Waals surface area contributed by atoms with Crippen molar-refractivity contribution in [1.82, 2.24) is 5.32 Å². The molecule has 0 fully saturated rings. The third-order valence-corrected chi connectivity index (χ3v) is 2.88. The highest BCUT2D eigenvalue weighted by Crippen LogP contribution is 2.32. The first-order valence-corrected chi connectivity index (χ1v) is 6.75. The smallest absolute Gasteiger partial charge is 0.257 e. The van der Waals surface area contributed by atoms with Crippen LogP contribution in [0.15, 0.2) is 28.7 Å². The van der Waals surface area contributed by atoms with E-state index in [-0.39, 0.29) is 17.5 Å². The van der Waals surface area contributed by atoms with Crippen LogP contribution in [0.2, 0.25) is 0 Å². The number of carbonyl (C=O) groups excluding carboxylic acids is 1. The molecule has 2 rings (SSSR count). The van der Waals surface area contributed by atoms with Crippen LogP contribution in [-0.4, -0.2) is 24.0 Å². The standard InChI is InChI=1S/C14H16N2O3S/c1-2-7-16-11(17)8-18-12-9-5-3-4-6-10(9)19-13(12)14(15)20/h3-6H,2,7-8H2,1H3,(H2,15,20)(H,16,17). The lowest BCUT2D eigenvalue weighted by molar-refractivity contribution is -0.123. The van der Waals surface area contributed by atoms with Crippen LogP contribution in [0.1, 0.15) is 19.1 Å². The van der Waals surface area contributed by atoms with Crippen molar-refractivity contribution in [2.24, 2.45) is 5.73 Å². The molecule has 5 nitrogen and oxygen atoms in total. The van der Waals surface area contributed by atoms with Gasteiger partial charge in [0, 0.05) is 6.54 Å². The Hall–Kier alpha value is -2.08. The summed E-state index contributed by atoms with van der Waals surface area (Å²) in [5.74, 6) is 0.523. The zero-order valence-electron chi connectivity index (χ0n) is 11.1. The second kappa shape index (κ2) is 6.38. The van der Waals surface area contributed by atoms with E-state index >= 15 is 0 Å². The Bertz CT molecular complexity index is 636. The molecule has 0 spiro atoms. The fraction of sp³-hybridized carbons (Fsp3) is 0.286. The number of benzene rings is 1. The van der Waals surface area contributed by atoms with E-state index in [2.05, 4.69) is 5.32 Å². The van der Waals surface area contributed by atoms with Gasteiger partial charge in [-0.05, 0) is 18.6 Å². The summed E-state index contributed by atoms with van der Waals surface area (Å²) in [6.45, 7) is 2.51. The molecule has 0 aliphatic carbocycles. The summed E-state index contributed by atoms with van der Waals surface area (Å²) >= 11 is 4.94. The Kier molecular flexibility index (Phi) is 4.57. The van der Waals surface area contributed by atoms with Gasteiger partial charge < -0.3 is 20.2 Å². The number of fused-ring (bicyclic) bond motifs is 1. The van der Waals surface area contributed by atoms with Gasteiger partial charge in [-0.15, -0.1) is 0 Å². The fourth-order valence-electron chi connectivity index (χ4n) is 1.78. The Morgan fingerprint density at radius 1 is 1.45 bits per heavy atom. The Balaban J connectivity index is 2.21. The number of nitrogens with two attached hydrogens (primary N) is 1. The molecule has 0 aliphatic rings. The first-order chi connectivity index (χ1) is 9.63. The number of ether oxygens (including phenoxy) is 1. The summed E-state index contributed by atoms with van der Waals surface area (Å²) in [6, 6.07) is 7.32. The lowest BCUT2D eigenvalue weighted by Crippen LogP contribution is -2.29. The van der Waals surface area contributed by atoms with E-state index in [1.165, 1.54) is 0 Å². The number of carbonyl (C=O) groups is 1. The van der Waals surface area contributed by atoms with Gasteiger partial charge in [-0.2, -0.15) is 0 Å². The van der Waals surface area contributed by atoms with Crippen LogP contribution < -0.4 is 15.8 Å². The maximum Gasteiger partial charge on any atom is 0.257 e. The second-order valence-corrected chi connectivity index (χ2v) is 4.70. The third-order valence-electron chi connectivity index (χ3n) is 2.69. The zero-order valence-corrected chi connectivity index (χ0v) is 12.0. The van der Waals surface area contributed by atoms with Gasteiger partial charge in [0.05, 0.1) is 5.39 Å². The van der Waals surface area contributed by atoms with E-state index in [9.17, 15) is 4.79 Å². The number of nitrogens with one attached hydrogen (secondary N) is 1. The van der Waals surface area contributed by atoms with Gasteiger partial charge >= 0.3 is 0 Å². The molecule has 1 heterocycles. The van der Waals surface area contributed by atoms with E-state index in [4.69, 9.17) is 27.1 Å². The molecule has 0 saturated heterocycles. The SMILES string of the molecule is CCCNC(=O)COc1c(C(N)=S)oc2ccccc12. The lowest BCUT2D eigenvalue weighted by atomic mass is 10.2. The average molecular weight is 292 g/mol. The third kappa shape index (κ3) is 3.08. The molecule has 0 bridgehead atoms. The minimum Gasteiger partial charge on any atom is -0.479 e. The summed E-state index contributed by atoms with van der Waals surface area (Å²) in [6.07, 6.45) is 0.874. The summed E-state index contributed by atoms with van der Waals surface area (Å²) in [4.78, 5) is 11.7. The van der Waals surface area contributed by atoms with Gasteiger partial charge in [-0.1, -0.05) is 31.3 Å². The highest BCUT2D eigenvalue weighted by atomic mass is 32.1. The molecule has 0 unspecified atom stereocenters. The van der Waals surface area contributed by atoms with Crippen molar-refractivity contribution in [3.05, 3.63) is 30.0 Å². The molecule has 2 aromatic rings. The first-order valence-electron chi connectivity index (χ1n) is 6.34. The highest BCUT2D eigenvalue weighted by Gasteiger charge is 2.18. The van der Waals surface area contributed by atoms with Crippen LogP contribution >= 0.6 is 12.2 Å². The van der Waals surface area contributed by atoms with Crippen molar-refractivity contribution in [3.8, 4) is 5.75 Å². The molecule has 0 aliphatic heterocycles. The molecule has 0 saturated carbocycles. The lowest BCUT2D eigenvalue weighted by Gasteiger charge is -2.06. The average Bonchev–Trinajstić information content (AvgIpc) is 2.82. The number of hydrogen-bond acceptors (Lipinski definition) is 4. The van der Waals surface area contributed by atoms with Crippen molar-refractivity contribution in [1.29, 1.82) is 0 Å². The predicted octanol–water partition coefficient (Wildman–Crippen LogP) is 1.97. The summed E-state index contributed by atoms with van der Waals surface area (Å²) in [5, 5.41) is 3.48. The van der Waals surface area contributed by atoms with Crippen LogP contribution in [0.5, 0.6) is 5.75 Å². The number of thiocarbonyl (C=S) groups is 1. The molecule has 106 valence electrons. The van der Waals surface area contributed by atoms with E-state index in [1.807, 2.05) is 25.1 Å². The monoisotopic (exact) mass is 292 g/mol. The predicted molar refractivity (Wildman–Crippen MR) is 80.9 cm³/mol. The van der Waals surface area contributed by atoms with E-state index in [0.717, 1.165) is 11.8 Å². The second-order valence-electron chi connectivity index (χ2n) is 4.26. The maximum atomic E-state index is 11.6. The van der Waals surface area contributed by atoms with Crippen molar-refractivity contribution >= 4 is 34.1 Å². The van der Waals surface area contributed by atoms with Gasteiger partial charge in [0.1, 0.15) is 10.6 Å². The van der Waals surface area contributed by atoms with Crippen LogP contribution in [0.4, 0.5) is 0 Å². The molecule has 20 heavy (non-hydrogen) atoms. The Morgan fingerprint density at radius 3 is 2.90 bits per heavy atom. The van der Waals surface area contributed by atoms with Crippen molar-refractivity contribution in [2.75, 3.05) is 13.2 Å². The number of rotatable bonds is 6. The van der Waals surface area contributed by atoms with Crippen LogP contribution in [-0.2, 0) is 4.79 Å². The van der Waals surface area contributed by atoms with Gasteiger partial charge in [0.15, 0.2) is 12.4 Å². The number of furan rings is 1. The molecular weight excluding hydrogens is 276 g/mol. The quantitative estimate of drug-likeness (QED) is 0.796. The molecule has 1 aromatic heterocycles. The normalized spacial score (nSPS) is 10.4. The molecule has 0 atom stereocenters. The van der Waals surface area contributed by atoms with E-state index < -0.39 is 0 Å². The van der Waals surface area contributed by atoms with E-state index in [1.54, 1.807) is 6.07 Å². The minimum atomic E-state index is -0.189. The van der Waals surface area contributed by atoms with Gasteiger partial charge in [-0.3, -0.25) is 4.79 Å². The zero-order chi connectivity index (χ0) is 14.5. The number of amides is 1. The van der Waals surface area contributed by atoms with Gasteiger partial charge in [0.2, 0.25) is 5.76 Å². The molecule has 0 radical (unpaired) electrons. The Labute approximate surface area is 122 Å². The van der Waals surface area contributed by atoms with Gasteiger partial charge in [0.25, 0.3) is 5.91 Å². The fourth-order valence-corrected chi connectivity index (χ4v) is 1.91. The maximum absolute atomic E-state index is 11.6. The van der Waals surface area contributed by atoms with Crippen LogP contribution in [0.3, 0.4) is 0 Å². The number of para-hydroxylation sites is 1. The van der Waals surface area contributed by atoms with Crippen LogP contribution in [0.25, 0.3) is 11.0 Å². The van der Waals surface area contributed by atoms with Crippen molar-refractivity contribution in [2.45, 2.75) is 13.3 Å². The first kappa shape index (κ1) is 14.3. The van der Waals surface area contributed by atoms with Crippen molar-refractivity contribution in [3.63, 3.8) is 0 Å². The molecular formula is C14H16N2O3S. The summed E-state index contributed by atoms with van der Waals surface area (Å²) in [5.41, 5.74) is 6.25. The van der Waals surface area contributed by atoms with Gasteiger partial charge in [-0.25, -0.2) is 0 Å². The minimum absolute atomic E-state index is 0.0981. The molecule has 3 N–H and O–H groups in total. The van der Waals surface area contributed by atoms with E-state index in [0.29, 0.717) is 23.6 Å². The summed E-state index contributed by atoms with van der Waals surface area (Å²) < 4.78 is 11.1. The molecule has 1 amide bonds. The summed E-state index contributed by atoms with van der Waals surface area (Å²) in [7, 11) is 0. The Morgan fingerprint density at radius 2 is 2.20 bits per heavy atom. The largest absolute Gasteiger partial charge is 0.479 e. The highest BCUT2D eigenvalue weighted by molar-refractivity contribution is 7.80. The molecule has 1 aromatic carbocycles. The molecule has 6 heteroatoms. The topological polar surface area (TPSA) is 77.5 Å². The number of hydrogen-bond donors (Lipinski definition) is 2. The van der Waals surface area contributed by atoms with Crippen molar-refractivity contribution < 1.29 is 13.9 Å².